The van der Waals surface area contributed by atoms with Crippen molar-refractivity contribution in [1.82, 2.24) is 10.2 Å². The quantitative estimate of drug-likeness (QED) is 0.583. The molecular weight excluding hydrogens is 419 g/mol. The molecular formula is C26H27FN4O2. The summed E-state index contributed by atoms with van der Waals surface area (Å²) in [6.45, 7) is 3.40. The van der Waals surface area contributed by atoms with Gasteiger partial charge in [0.1, 0.15) is 5.82 Å². The second-order valence-electron chi connectivity index (χ2n) is 7.97. The van der Waals surface area contributed by atoms with Crippen LogP contribution in [0, 0.1) is 5.82 Å². The first-order chi connectivity index (χ1) is 16.1. The summed E-state index contributed by atoms with van der Waals surface area (Å²) in [7, 11) is 0. The molecule has 2 amide bonds. The van der Waals surface area contributed by atoms with Gasteiger partial charge in [0.05, 0.1) is 6.54 Å². The van der Waals surface area contributed by atoms with Crippen LogP contribution in [0.1, 0.15) is 15.9 Å². The van der Waals surface area contributed by atoms with E-state index < -0.39 is 5.82 Å². The fraction of sp³-hybridized carbons (Fsp3) is 0.231. The molecule has 3 aromatic rings. The maximum Gasteiger partial charge on any atom is 0.254 e. The SMILES string of the molecule is O=C(CNCc1ccccc1)Nc1ccc(N2CCN(C(=O)c3cccc(F)c3)CC2)cc1. The third-order valence-electron chi connectivity index (χ3n) is 5.61. The van der Waals surface area contributed by atoms with Crippen molar-refractivity contribution < 1.29 is 14.0 Å². The third-order valence-corrected chi connectivity index (χ3v) is 5.61. The van der Waals surface area contributed by atoms with E-state index in [0.717, 1.165) is 16.9 Å². The van der Waals surface area contributed by atoms with Crippen LogP contribution in [0.15, 0.2) is 78.9 Å². The lowest BCUT2D eigenvalue weighted by Crippen LogP contribution is -2.48. The first-order valence-corrected chi connectivity index (χ1v) is 11.0. The molecule has 1 saturated heterocycles. The number of nitrogens with zero attached hydrogens (tertiary/aromatic N) is 2. The molecule has 3 aromatic carbocycles. The second kappa shape index (κ2) is 10.7. The molecule has 0 aliphatic carbocycles. The van der Waals surface area contributed by atoms with Gasteiger partial charge in [-0.3, -0.25) is 9.59 Å². The van der Waals surface area contributed by atoms with Gasteiger partial charge in [-0.25, -0.2) is 4.39 Å². The maximum atomic E-state index is 13.4. The smallest absolute Gasteiger partial charge is 0.254 e. The average Bonchev–Trinajstić information content (AvgIpc) is 2.85. The van der Waals surface area contributed by atoms with Crippen molar-refractivity contribution in [1.29, 1.82) is 0 Å². The molecule has 0 spiro atoms. The molecule has 33 heavy (non-hydrogen) atoms. The lowest BCUT2D eigenvalue weighted by atomic mass is 10.1. The van der Waals surface area contributed by atoms with Gasteiger partial charge in [-0.15, -0.1) is 0 Å². The topological polar surface area (TPSA) is 64.7 Å². The zero-order chi connectivity index (χ0) is 23.0. The van der Waals surface area contributed by atoms with Crippen molar-refractivity contribution in [2.75, 3.05) is 42.9 Å². The summed E-state index contributed by atoms with van der Waals surface area (Å²) in [5.41, 5.74) is 3.28. The lowest BCUT2D eigenvalue weighted by Gasteiger charge is -2.36. The predicted octanol–water partition coefficient (Wildman–Crippen LogP) is 3.52. The Balaban J connectivity index is 1.23. The maximum absolute atomic E-state index is 13.4. The summed E-state index contributed by atoms with van der Waals surface area (Å²) in [5, 5.41) is 6.04. The van der Waals surface area contributed by atoms with Crippen LogP contribution < -0.4 is 15.5 Å². The van der Waals surface area contributed by atoms with Gasteiger partial charge in [0.25, 0.3) is 5.91 Å². The number of anilines is 2. The van der Waals surface area contributed by atoms with Crippen LogP contribution in [0.4, 0.5) is 15.8 Å². The molecule has 7 heteroatoms. The van der Waals surface area contributed by atoms with Crippen molar-refractivity contribution in [2.45, 2.75) is 6.54 Å². The predicted molar refractivity (Wildman–Crippen MR) is 128 cm³/mol. The minimum absolute atomic E-state index is 0.0943. The van der Waals surface area contributed by atoms with Crippen LogP contribution in [-0.4, -0.2) is 49.4 Å². The van der Waals surface area contributed by atoms with Crippen LogP contribution in [0.5, 0.6) is 0 Å². The van der Waals surface area contributed by atoms with Crippen LogP contribution in [0.25, 0.3) is 0 Å². The highest BCUT2D eigenvalue weighted by atomic mass is 19.1. The molecule has 0 saturated carbocycles. The van der Waals surface area contributed by atoms with E-state index >= 15 is 0 Å². The zero-order valence-electron chi connectivity index (χ0n) is 18.3. The Morgan fingerprint density at radius 1 is 0.848 bits per heavy atom. The van der Waals surface area contributed by atoms with E-state index in [4.69, 9.17) is 0 Å². The van der Waals surface area contributed by atoms with E-state index in [9.17, 15) is 14.0 Å². The Morgan fingerprint density at radius 2 is 1.58 bits per heavy atom. The fourth-order valence-electron chi connectivity index (χ4n) is 3.85. The van der Waals surface area contributed by atoms with Crippen molar-refractivity contribution in [2.24, 2.45) is 0 Å². The molecule has 2 N–H and O–H groups in total. The van der Waals surface area contributed by atoms with E-state index in [2.05, 4.69) is 15.5 Å². The molecule has 1 aliphatic heterocycles. The molecule has 6 nitrogen and oxygen atoms in total. The number of piperazine rings is 1. The highest BCUT2D eigenvalue weighted by molar-refractivity contribution is 5.94. The molecule has 0 atom stereocenters. The number of benzene rings is 3. The standard InChI is InChI=1S/C26H27FN4O2/c27-22-8-4-7-21(17-22)26(33)31-15-13-30(14-16-31)24-11-9-23(10-12-24)29-25(32)19-28-18-20-5-2-1-3-6-20/h1-12,17,28H,13-16,18-19H2,(H,29,32). The summed E-state index contributed by atoms with van der Waals surface area (Å²) in [6, 6.07) is 23.5. The van der Waals surface area contributed by atoms with Crippen LogP contribution in [0.3, 0.4) is 0 Å². The van der Waals surface area contributed by atoms with Gasteiger partial charge in [-0.2, -0.15) is 0 Å². The molecule has 0 aromatic heterocycles. The van der Waals surface area contributed by atoms with Crippen molar-refractivity contribution in [3.05, 3.63) is 95.8 Å². The minimum Gasteiger partial charge on any atom is -0.368 e. The number of carbonyl (C=O) groups excluding carboxylic acids is 2. The van der Waals surface area contributed by atoms with Gasteiger partial charge < -0.3 is 20.4 Å². The summed E-state index contributed by atoms with van der Waals surface area (Å²) >= 11 is 0. The Labute approximate surface area is 193 Å². The average molecular weight is 447 g/mol. The Hall–Kier alpha value is -3.71. The molecule has 4 rings (SSSR count). The summed E-state index contributed by atoms with van der Waals surface area (Å²) in [6.07, 6.45) is 0. The molecule has 1 heterocycles. The van der Waals surface area contributed by atoms with Gasteiger partial charge in [0.15, 0.2) is 0 Å². The third kappa shape index (κ3) is 6.17. The van der Waals surface area contributed by atoms with Crippen LogP contribution in [-0.2, 0) is 11.3 Å². The first-order valence-electron chi connectivity index (χ1n) is 11.0. The van der Waals surface area contributed by atoms with Crippen LogP contribution in [0.2, 0.25) is 0 Å². The highest BCUT2D eigenvalue weighted by Crippen LogP contribution is 2.20. The molecule has 0 bridgehead atoms. The Bertz CT molecular complexity index is 1080. The monoisotopic (exact) mass is 446 g/mol. The van der Waals surface area contributed by atoms with E-state index in [1.54, 1.807) is 17.0 Å². The number of halogens is 1. The van der Waals surface area contributed by atoms with E-state index in [0.29, 0.717) is 38.3 Å². The Kier molecular flexibility index (Phi) is 7.32. The molecule has 0 unspecified atom stereocenters. The van der Waals surface area contributed by atoms with Gasteiger partial charge in [-0.1, -0.05) is 36.4 Å². The van der Waals surface area contributed by atoms with Crippen molar-refractivity contribution >= 4 is 23.2 Å². The number of nitrogens with one attached hydrogen (secondary N) is 2. The van der Waals surface area contributed by atoms with E-state index in [-0.39, 0.29) is 18.4 Å². The lowest BCUT2D eigenvalue weighted by molar-refractivity contribution is -0.115. The molecule has 0 radical (unpaired) electrons. The van der Waals surface area contributed by atoms with E-state index in [1.165, 1.54) is 12.1 Å². The van der Waals surface area contributed by atoms with Gasteiger partial charge in [-0.05, 0) is 48.0 Å². The minimum atomic E-state index is -0.404. The van der Waals surface area contributed by atoms with E-state index in [1.807, 2.05) is 54.6 Å². The number of rotatable bonds is 7. The van der Waals surface area contributed by atoms with Crippen LogP contribution >= 0.6 is 0 Å². The Morgan fingerprint density at radius 3 is 2.27 bits per heavy atom. The number of carbonyl (C=O) groups is 2. The normalized spacial score (nSPS) is 13.6. The van der Waals surface area contributed by atoms with Gasteiger partial charge in [0.2, 0.25) is 5.91 Å². The number of hydrogen-bond donors (Lipinski definition) is 2. The highest BCUT2D eigenvalue weighted by Gasteiger charge is 2.22. The first kappa shape index (κ1) is 22.5. The fourth-order valence-corrected chi connectivity index (χ4v) is 3.85. The second-order valence-corrected chi connectivity index (χ2v) is 7.97. The van der Waals surface area contributed by atoms with Gasteiger partial charge >= 0.3 is 0 Å². The van der Waals surface area contributed by atoms with Gasteiger partial charge in [0, 0.05) is 49.7 Å². The zero-order valence-corrected chi connectivity index (χ0v) is 18.3. The number of amides is 2. The summed E-state index contributed by atoms with van der Waals surface area (Å²) in [5.74, 6) is -0.644. The number of hydrogen-bond acceptors (Lipinski definition) is 4. The molecule has 170 valence electrons. The molecule has 1 aliphatic rings. The van der Waals surface area contributed by atoms with Crippen molar-refractivity contribution in [3.63, 3.8) is 0 Å². The largest absolute Gasteiger partial charge is 0.368 e. The van der Waals surface area contributed by atoms with Crippen molar-refractivity contribution in [3.8, 4) is 0 Å². The summed E-state index contributed by atoms with van der Waals surface area (Å²) in [4.78, 5) is 28.7. The summed E-state index contributed by atoms with van der Waals surface area (Å²) < 4.78 is 13.4. The molecule has 1 fully saturated rings.